The van der Waals surface area contributed by atoms with E-state index < -0.39 is 17.7 Å². The van der Waals surface area contributed by atoms with E-state index in [0.29, 0.717) is 16.8 Å². The van der Waals surface area contributed by atoms with Gasteiger partial charge in [0.25, 0.3) is 0 Å². The number of carbonyl (C=O) groups excluding carboxylic acids is 2. The molecule has 178 valence electrons. The first-order valence-electron chi connectivity index (χ1n) is 11.5. The molecule has 3 aromatic carbocycles. The zero-order chi connectivity index (χ0) is 25.3. The summed E-state index contributed by atoms with van der Waals surface area (Å²) < 4.78 is 11.3. The first kappa shape index (κ1) is 24.1. The molecule has 0 radical (unpaired) electrons. The summed E-state index contributed by atoms with van der Waals surface area (Å²) in [7, 11) is 1.61. The van der Waals surface area contributed by atoms with Gasteiger partial charge in [-0.15, -0.1) is 6.42 Å². The Balaban J connectivity index is 1.57. The molecule has 35 heavy (non-hydrogen) atoms. The largest absolute Gasteiger partial charge is 0.456 e. The molecule has 4 rings (SSSR count). The molecule has 0 aliphatic heterocycles. The molecule has 0 heterocycles. The fraction of sp³-hybridized carbons (Fsp3) is 0.267. The van der Waals surface area contributed by atoms with E-state index in [1.165, 1.54) is 4.90 Å². The number of hydrogen-bond donors (Lipinski definition) is 0. The van der Waals surface area contributed by atoms with Crippen LogP contribution in [0.1, 0.15) is 59.3 Å². The summed E-state index contributed by atoms with van der Waals surface area (Å²) in [6.45, 7) is 7.40. The van der Waals surface area contributed by atoms with Gasteiger partial charge in [0.2, 0.25) is 0 Å². The van der Waals surface area contributed by atoms with Crippen molar-refractivity contribution in [3.05, 3.63) is 88.5 Å². The minimum absolute atomic E-state index is 0.0461. The van der Waals surface area contributed by atoms with Crippen molar-refractivity contribution in [1.29, 1.82) is 0 Å². The molecule has 1 aliphatic carbocycles. The number of fused-ring (bicyclic) bond motifs is 3. The predicted octanol–water partition coefficient (Wildman–Crippen LogP) is 6.32. The highest BCUT2D eigenvalue weighted by atomic mass is 16.6. The second kappa shape index (κ2) is 9.31. The fourth-order valence-electron chi connectivity index (χ4n) is 4.44. The molecule has 0 unspecified atom stereocenters. The van der Waals surface area contributed by atoms with Crippen LogP contribution >= 0.6 is 0 Å². The number of hydrogen-bond acceptors (Lipinski definition) is 4. The molecule has 0 bridgehead atoms. The molecule has 5 heteroatoms. The SMILES string of the molecule is C#Cc1cc(C(=O)OC(C)(C)C)cc(N(C)C(=O)OCC2c3ccccc3-c3ccccc32)c1C. The quantitative estimate of drug-likeness (QED) is 0.333. The highest BCUT2D eigenvalue weighted by Crippen LogP contribution is 2.44. The highest BCUT2D eigenvalue weighted by molar-refractivity contribution is 5.95. The summed E-state index contributed by atoms with van der Waals surface area (Å²) in [5.41, 5.74) is 5.96. The number of terminal acetylenes is 1. The number of amides is 1. The van der Waals surface area contributed by atoms with E-state index in [4.69, 9.17) is 15.9 Å². The first-order valence-corrected chi connectivity index (χ1v) is 11.5. The van der Waals surface area contributed by atoms with Crippen LogP contribution in [0, 0.1) is 19.3 Å². The highest BCUT2D eigenvalue weighted by Gasteiger charge is 2.30. The van der Waals surface area contributed by atoms with Crippen LogP contribution in [0.3, 0.4) is 0 Å². The third-order valence-electron chi connectivity index (χ3n) is 6.14. The summed E-state index contributed by atoms with van der Waals surface area (Å²) in [6, 6.07) is 19.6. The predicted molar refractivity (Wildman–Crippen MR) is 138 cm³/mol. The molecule has 0 spiro atoms. The van der Waals surface area contributed by atoms with Crippen LogP contribution in [0.25, 0.3) is 11.1 Å². The second-order valence-corrected chi connectivity index (χ2v) is 9.68. The fourth-order valence-corrected chi connectivity index (χ4v) is 4.44. The van der Waals surface area contributed by atoms with E-state index in [2.05, 4.69) is 30.2 Å². The maximum Gasteiger partial charge on any atom is 0.414 e. The van der Waals surface area contributed by atoms with E-state index in [1.807, 2.05) is 31.2 Å². The van der Waals surface area contributed by atoms with Gasteiger partial charge in [-0.05, 0) is 67.6 Å². The molecular weight excluding hydrogens is 438 g/mol. The summed E-state index contributed by atoms with van der Waals surface area (Å²) in [5.74, 6) is 2.05. The number of anilines is 1. The molecule has 1 amide bonds. The van der Waals surface area contributed by atoms with Gasteiger partial charge >= 0.3 is 12.1 Å². The Labute approximate surface area is 206 Å². The second-order valence-electron chi connectivity index (χ2n) is 9.68. The number of nitrogens with zero attached hydrogens (tertiary/aromatic N) is 1. The van der Waals surface area contributed by atoms with Gasteiger partial charge in [0.05, 0.1) is 11.3 Å². The number of carbonyl (C=O) groups is 2. The van der Waals surface area contributed by atoms with Crippen molar-refractivity contribution in [2.45, 2.75) is 39.2 Å². The van der Waals surface area contributed by atoms with Crippen molar-refractivity contribution in [2.75, 3.05) is 18.6 Å². The maximum atomic E-state index is 13.1. The van der Waals surface area contributed by atoms with Gasteiger partial charge in [-0.25, -0.2) is 9.59 Å². The Morgan fingerprint density at radius 2 is 1.57 bits per heavy atom. The molecular formula is C30H29NO4. The average Bonchev–Trinajstić information content (AvgIpc) is 3.15. The van der Waals surface area contributed by atoms with E-state index >= 15 is 0 Å². The van der Waals surface area contributed by atoms with Crippen LogP contribution in [0.4, 0.5) is 10.5 Å². The van der Waals surface area contributed by atoms with Gasteiger partial charge in [0, 0.05) is 18.5 Å². The lowest BCUT2D eigenvalue weighted by Crippen LogP contribution is -2.30. The zero-order valence-electron chi connectivity index (χ0n) is 20.7. The molecule has 0 N–H and O–H groups in total. The third kappa shape index (κ3) is 4.79. The Morgan fingerprint density at radius 1 is 1.00 bits per heavy atom. The average molecular weight is 468 g/mol. The van der Waals surface area contributed by atoms with Crippen LogP contribution < -0.4 is 4.90 Å². The molecule has 0 fully saturated rings. The minimum atomic E-state index is -0.656. The van der Waals surface area contributed by atoms with Crippen molar-refractivity contribution >= 4 is 17.7 Å². The Bertz CT molecular complexity index is 1300. The number of benzene rings is 3. The topological polar surface area (TPSA) is 55.8 Å². The lowest BCUT2D eigenvalue weighted by atomic mass is 9.98. The number of ether oxygens (including phenoxy) is 2. The van der Waals surface area contributed by atoms with Crippen LogP contribution in [-0.4, -0.2) is 31.3 Å². The van der Waals surface area contributed by atoms with Gasteiger partial charge in [0.1, 0.15) is 12.2 Å². The number of esters is 1. The molecule has 0 aromatic heterocycles. The van der Waals surface area contributed by atoms with Crippen LogP contribution in [0.5, 0.6) is 0 Å². The lowest BCUT2D eigenvalue weighted by molar-refractivity contribution is 0.00693. The molecule has 0 atom stereocenters. The molecule has 0 saturated heterocycles. The minimum Gasteiger partial charge on any atom is -0.456 e. The van der Waals surface area contributed by atoms with Gasteiger partial charge in [-0.2, -0.15) is 0 Å². The van der Waals surface area contributed by atoms with E-state index in [1.54, 1.807) is 40.0 Å². The first-order chi connectivity index (χ1) is 16.6. The van der Waals surface area contributed by atoms with Gasteiger partial charge in [0.15, 0.2) is 0 Å². The standard InChI is InChI=1S/C30H29NO4/c1-7-20-16-21(28(32)35-30(3,4)5)17-27(19(20)2)31(6)29(33)34-18-26-24-14-10-8-12-22(24)23-13-9-11-15-25(23)26/h1,8-17,26H,18H2,2-6H3. The van der Waals surface area contributed by atoms with Crippen LogP contribution in [0.2, 0.25) is 0 Å². The summed E-state index contributed by atoms with van der Waals surface area (Å²) >= 11 is 0. The Morgan fingerprint density at radius 3 is 2.11 bits per heavy atom. The normalized spacial score (nSPS) is 12.3. The Hall–Kier alpha value is -4.04. The van der Waals surface area contributed by atoms with Crippen LogP contribution in [-0.2, 0) is 9.47 Å². The molecule has 1 aliphatic rings. The zero-order valence-corrected chi connectivity index (χ0v) is 20.7. The van der Waals surface area contributed by atoms with Crippen molar-refractivity contribution in [3.63, 3.8) is 0 Å². The smallest absolute Gasteiger partial charge is 0.414 e. The number of rotatable bonds is 4. The van der Waals surface area contributed by atoms with E-state index in [9.17, 15) is 9.59 Å². The summed E-state index contributed by atoms with van der Waals surface area (Å²) in [5, 5.41) is 0. The van der Waals surface area contributed by atoms with Gasteiger partial charge in [-0.3, -0.25) is 4.90 Å². The lowest BCUT2D eigenvalue weighted by Gasteiger charge is -2.23. The maximum absolute atomic E-state index is 13.1. The molecule has 3 aromatic rings. The van der Waals surface area contributed by atoms with E-state index in [0.717, 1.165) is 22.3 Å². The monoisotopic (exact) mass is 467 g/mol. The van der Waals surface area contributed by atoms with Crippen LogP contribution in [0.15, 0.2) is 60.7 Å². The van der Waals surface area contributed by atoms with Crippen molar-refractivity contribution in [1.82, 2.24) is 0 Å². The summed E-state index contributed by atoms with van der Waals surface area (Å²) in [4.78, 5) is 27.2. The Kier molecular flexibility index (Phi) is 6.41. The summed E-state index contributed by atoms with van der Waals surface area (Å²) in [6.07, 6.45) is 5.16. The van der Waals surface area contributed by atoms with Crippen molar-refractivity contribution < 1.29 is 19.1 Å². The van der Waals surface area contributed by atoms with E-state index in [-0.39, 0.29) is 18.1 Å². The van der Waals surface area contributed by atoms with Crippen molar-refractivity contribution in [3.8, 4) is 23.5 Å². The molecule has 5 nitrogen and oxygen atoms in total. The van der Waals surface area contributed by atoms with Gasteiger partial charge < -0.3 is 9.47 Å². The molecule has 0 saturated carbocycles. The third-order valence-corrected chi connectivity index (χ3v) is 6.14. The van der Waals surface area contributed by atoms with Gasteiger partial charge in [-0.1, -0.05) is 54.5 Å². The van der Waals surface area contributed by atoms with Crippen molar-refractivity contribution in [2.24, 2.45) is 0 Å².